The van der Waals surface area contributed by atoms with Crippen molar-refractivity contribution in [2.75, 3.05) is 18.4 Å². The molecule has 0 atom stereocenters. The van der Waals surface area contributed by atoms with Crippen molar-refractivity contribution in [2.45, 2.75) is 0 Å². The molecule has 5 heteroatoms. The lowest BCUT2D eigenvalue weighted by Gasteiger charge is -2.00. The SMILES string of the molecule is NCCNc1ccccn1.O.O. The van der Waals surface area contributed by atoms with Crippen LogP contribution >= 0.6 is 0 Å². The summed E-state index contributed by atoms with van der Waals surface area (Å²) in [5.41, 5.74) is 5.29. The summed E-state index contributed by atoms with van der Waals surface area (Å²) in [5.74, 6) is 0.882. The third kappa shape index (κ3) is 4.62. The molecule has 1 rings (SSSR count). The Hall–Kier alpha value is -1.17. The zero-order chi connectivity index (χ0) is 7.23. The van der Waals surface area contributed by atoms with Gasteiger partial charge in [0.25, 0.3) is 0 Å². The van der Waals surface area contributed by atoms with Gasteiger partial charge in [0.1, 0.15) is 5.82 Å². The molecule has 0 saturated carbocycles. The van der Waals surface area contributed by atoms with Gasteiger partial charge in [-0.3, -0.25) is 0 Å². The van der Waals surface area contributed by atoms with Gasteiger partial charge < -0.3 is 22.0 Å². The standard InChI is InChI=1S/C7H11N3.2H2O/c8-4-6-10-7-3-1-2-5-9-7;;/h1-3,5H,4,6,8H2,(H,9,10);2*1H2. The number of hydrogen-bond donors (Lipinski definition) is 2. The van der Waals surface area contributed by atoms with Crippen LogP contribution in [0.25, 0.3) is 0 Å². The van der Waals surface area contributed by atoms with Crippen LogP contribution in [0.1, 0.15) is 0 Å². The van der Waals surface area contributed by atoms with E-state index in [4.69, 9.17) is 5.73 Å². The van der Waals surface area contributed by atoms with Crippen LogP contribution in [0.4, 0.5) is 5.82 Å². The molecule has 1 heterocycles. The van der Waals surface area contributed by atoms with Crippen molar-refractivity contribution in [1.29, 1.82) is 0 Å². The molecule has 7 N–H and O–H groups in total. The van der Waals surface area contributed by atoms with Crippen molar-refractivity contribution < 1.29 is 11.0 Å². The quantitative estimate of drug-likeness (QED) is 0.598. The van der Waals surface area contributed by atoms with Crippen molar-refractivity contribution in [3.05, 3.63) is 24.4 Å². The third-order valence-corrected chi connectivity index (χ3v) is 1.12. The second kappa shape index (κ2) is 7.93. The molecule has 0 radical (unpaired) electrons. The molecule has 70 valence electrons. The minimum atomic E-state index is 0. The minimum absolute atomic E-state index is 0. The lowest BCUT2D eigenvalue weighted by atomic mass is 10.4. The van der Waals surface area contributed by atoms with Gasteiger partial charge in [-0.2, -0.15) is 0 Å². The van der Waals surface area contributed by atoms with E-state index in [0.29, 0.717) is 6.54 Å². The number of rotatable bonds is 3. The summed E-state index contributed by atoms with van der Waals surface area (Å²) >= 11 is 0. The van der Waals surface area contributed by atoms with Gasteiger partial charge in [-0.25, -0.2) is 4.98 Å². The summed E-state index contributed by atoms with van der Waals surface area (Å²) in [6.07, 6.45) is 1.75. The Kier molecular flexibility index (Phi) is 8.87. The molecule has 1 aromatic rings. The predicted octanol–water partition coefficient (Wildman–Crippen LogP) is -1.20. The van der Waals surface area contributed by atoms with Crippen LogP contribution in [-0.2, 0) is 0 Å². The van der Waals surface area contributed by atoms with Crippen LogP contribution in [0, 0.1) is 0 Å². The summed E-state index contributed by atoms with van der Waals surface area (Å²) in [6, 6.07) is 5.73. The minimum Gasteiger partial charge on any atom is -0.412 e. The van der Waals surface area contributed by atoms with Crippen LogP contribution < -0.4 is 11.1 Å². The van der Waals surface area contributed by atoms with E-state index in [0.717, 1.165) is 12.4 Å². The Morgan fingerprint density at radius 3 is 2.58 bits per heavy atom. The normalized spacial score (nSPS) is 7.75. The Bertz CT molecular complexity index is 181. The fourth-order valence-electron chi connectivity index (χ4n) is 0.668. The lowest BCUT2D eigenvalue weighted by Crippen LogP contribution is -2.13. The second-order valence-corrected chi connectivity index (χ2v) is 1.93. The molecule has 0 aliphatic rings. The monoisotopic (exact) mass is 173 g/mol. The van der Waals surface area contributed by atoms with E-state index in [1.807, 2.05) is 18.2 Å². The molecule has 0 saturated heterocycles. The lowest BCUT2D eigenvalue weighted by molar-refractivity contribution is 0.823. The molecule has 1 aromatic heterocycles. The van der Waals surface area contributed by atoms with Crippen LogP contribution in [0.15, 0.2) is 24.4 Å². The number of anilines is 1. The topological polar surface area (TPSA) is 114 Å². The van der Waals surface area contributed by atoms with Crippen LogP contribution in [-0.4, -0.2) is 29.0 Å². The molecule has 0 aromatic carbocycles. The smallest absolute Gasteiger partial charge is 0.125 e. The van der Waals surface area contributed by atoms with E-state index in [-0.39, 0.29) is 11.0 Å². The van der Waals surface area contributed by atoms with Gasteiger partial charge in [0.2, 0.25) is 0 Å². The maximum absolute atomic E-state index is 5.29. The largest absolute Gasteiger partial charge is 0.412 e. The zero-order valence-corrected chi connectivity index (χ0v) is 6.75. The van der Waals surface area contributed by atoms with Gasteiger partial charge in [-0.15, -0.1) is 0 Å². The Morgan fingerprint density at radius 2 is 2.08 bits per heavy atom. The number of aromatic nitrogens is 1. The summed E-state index contributed by atoms with van der Waals surface area (Å²) < 4.78 is 0. The van der Waals surface area contributed by atoms with Gasteiger partial charge in [0.15, 0.2) is 0 Å². The molecule has 0 aliphatic carbocycles. The molecule has 0 spiro atoms. The summed E-state index contributed by atoms with van der Waals surface area (Å²) in [5, 5.41) is 3.06. The Labute approximate surface area is 71.2 Å². The third-order valence-electron chi connectivity index (χ3n) is 1.12. The van der Waals surface area contributed by atoms with E-state index in [9.17, 15) is 0 Å². The van der Waals surface area contributed by atoms with Crippen LogP contribution in [0.2, 0.25) is 0 Å². The second-order valence-electron chi connectivity index (χ2n) is 1.93. The van der Waals surface area contributed by atoms with Crippen molar-refractivity contribution in [1.82, 2.24) is 4.98 Å². The first-order chi connectivity index (χ1) is 4.93. The molecule has 0 aliphatic heterocycles. The highest BCUT2D eigenvalue weighted by molar-refractivity contribution is 5.32. The van der Waals surface area contributed by atoms with E-state index in [2.05, 4.69) is 10.3 Å². The summed E-state index contributed by atoms with van der Waals surface area (Å²) in [6.45, 7) is 1.41. The van der Waals surface area contributed by atoms with Gasteiger partial charge >= 0.3 is 0 Å². The van der Waals surface area contributed by atoms with Crippen molar-refractivity contribution >= 4 is 5.82 Å². The molecule has 0 amide bonds. The van der Waals surface area contributed by atoms with E-state index < -0.39 is 0 Å². The highest BCUT2D eigenvalue weighted by Gasteiger charge is 1.85. The number of pyridine rings is 1. The highest BCUT2D eigenvalue weighted by atomic mass is 16.0. The van der Waals surface area contributed by atoms with Crippen LogP contribution in [0.5, 0.6) is 0 Å². The van der Waals surface area contributed by atoms with Crippen LogP contribution in [0.3, 0.4) is 0 Å². The fraction of sp³-hybridized carbons (Fsp3) is 0.286. The highest BCUT2D eigenvalue weighted by Crippen LogP contribution is 1.97. The van der Waals surface area contributed by atoms with E-state index in [1.54, 1.807) is 6.20 Å². The Morgan fingerprint density at radius 1 is 1.33 bits per heavy atom. The van der Waals surface area contributed by atoms with E-state index in [1.165, 1.54) is 0 Å². The maximum Gasteiger partial charge on any atom is 0.125 e. The fourth-order valence-corrected chi connectivity index (χ4v) is 0.668. The van der Waals surface area contributed by atoms with Gasteiger partial charge in [-0.05, 0) is 12.1 Å². The van der Waals surface area contributed by atoms with Gasteiger partial charge in [0.05, 0.1) is 0 Å². The molecule has 0 unspecified atom stereocenters. The molecular formula is C7H15N3O2. The first kappa shape index (κ1) is 13.4. The molecule has 0 fully saturated rings. The van der Waals surface area contributed by atoms with Gasteiger partial charge in [0, 0.05) is 19.3 Å². The molecular weight excluding hydrogens is 158 g/mol. The zero-order valence-electron chi connectivity index (χ0n) is 6.75. The van der Waals surface area contributed by atoms with Gasteiger partial charge in [-0.1, -0.05) is 6.07 Å². The van der Waals surface area contributed by atoms with E-state index >= 15 is 0 Å². The molecule has 12 heavy (non-hydrogen) atoms. The van der Waals surface area contributed by atoms with Crippen molar-refractivity contribution in [2.24, 2.45) is 5.73 Å². The predicted molar refractivity (Wildman–Crippen MR) is 49.0 cm³/mol. The van der Waals surface area contributed by atoms with Crippen molar-refractivity contribution in [3.8, 4) is 0 Å². The summed E-state index contributed by atoms with van der Waals surface area (Å²) in [7, 11) is 0. The number of nitrogens with one attached hydrogen (secondary N) is 1. The average molecular weight is 173 g/mol. The molecule has 0 bridgehead atoms. The number of nitrogens with zero attached hydrogens (tertiary/aromatic N) is 1. The first-order valence-corrected chi connectivity index (χ1v) is 3.28. The average Bonchev–Trinajstić information content (AvgIpc) is 2.03. The Balaban J connectivity index is 0. The first-order valence-electron chi connectivity index (χ1n) is 3.28. The number of hydrogen-bond acceptors (Lipinski definition) is 3. The number of nitrogens with two attached hydrogens (primary N) is 1. The summed E-state index contributed by atoms with van der Waals surface area (Å²) in [4.78, 5) is 4.05. The van der Waals surface area contributed by atoms with Crippen molar-refractivity contribution in [3.63, 3.8) is 0 Å². The molecule has 5 nitrogen and oxygen atoms in total. The maximum atomic E-state index is 5.29.